The lowest BCUT2D eigenvalue weighted by atomic mass is 10.1. The smallest absolute Gasteiger partial charge is 0.276 e. The van der Waals surface area contributed by atoms with Crippen molar-refractivity contribution in [2.24, 2.45) is 5.10 Å². The molecule has 0 heterocycles. The quantitative estimate of drug-likeness (QED) is 0.0555. The molecule has 2 aromatic carbocycles. The fraction of sp³-hybridized carbons (Fsp3) is 0.485. The summed E-state index contributed by atoms with van der Waals surface area (Å²) >= 11 is 0. The van der Waals surface area contributed by atoms with Crippen LogP contribution in [0, 0.1) is 6.92 Å². The van der Waals surface area contributed by atoms with Crippen LogP contribution in [0.3, 0.4) is 0 Å². The highest BCUT2D eigenvalue weighted by Gasteiger charge is 2.13. The van der Waals surface area contributed by atoms with Crippen molar-refractivity contribution < 1.29 is 41.8 Å². The summed E-state index contributed by atoms with van der Waals surface area (Å²) < 4.78 is 41.3. The van der Waals surface area contributed by atoms with E-state index in [-0.39, 0.29) is 47.7 Å². The number of amides is 3. The van der Waals surface area contributed by atoms with E-state index < -0.39 is 10.0 Å². The SMILES string of the molecule is CC(=O)CC(=O)NCCCOCCOCCOCCCNC(=O)CCC(=O)Nc1cccc(/C(C)=N/NS(=O)(=O)c2ccc(C)cc2)c1. The first-order chi connectivity index (χ1) is 23.0. The molecule has 0 fully saturated rings. The van der Waals surface area contributed by atoms with Crippen LogP contribution in [0.5, 0.6) is 0 Å². The van der Waals surface area contributed by atoms with Crippen LogP contribution in [0.1, 0.15) is 57.1 Å². The molecular formula is C33H47N5O9S. The lowest BCUT2D eigenvalue weighted by Crippen LogP contribution is -2.26. The van der Waals surface area contributed by atoms with Crippen LogP contribution in [0.15, 0.2) is 58.5 Å². The highest BCUT2D eigenvalue weighted by atomic mass is 32.2. The van der Waals surface area contributed by atoms with Crippen LogP contribution in [0.25, 0.3) is 0 Å². The average Bonchev–Trinajstić information content (AvgIpc) is 3.04. The maximum absolute atomic E-state index is 12.5. The first-order valence-electron chi connectivity index (χ1n) is 15.8. The molecule has 0 aliphatic carbocycles. The molecule has 0 aliphatic heterocycles. The number of anilines is 1. The summed E-state index contributed by atoms with van der Waals surface area (Å²) in [4.78, 5) is 49.1. The summed E-state index contributed by atoms with van der Waals surface area (Å²) in [5, 5.41) is 12.2. The molecule has 0 unspecified atom stereocenters. The van der Waals surface area contributed by atoms with E-state index in [1.165, 1.54) is 19.1 Å². The highest BCUT2D eigenvalue weighted by Crippen LogP contribution is 2.14. The Morgan fingerprint density at radius 3 is 1.90 bits per heavy atom. The third kappa shape index (κ3) is 17.7. The summed E-state index contributed by atoms with van der Waals surface area (Å²) in [5.41, 5.74) is 2.45. The van der Waals surface area contributed by atoms with Gasteiger partial charge in [0.25, 0.3) is 10.0 Å². The summed E-state index contributed by atoms with van der Waals surface area (Å²) in [5.74, 6) is -1.03. The van der Waals surface area contributed by atoms with Crippen molar-refractivity contribution in [1.29, 1.82) is 0 Å². The predicted molar refractivity (Wildman–Crippen MR) is 181 cm³/mol. The van der Waals surface area contributed by atoms with Crippen molar-refractivity contribution in [2.45, 2.75) is 57.8 Å². The van der Waals surface area contributed by atoms with Gasteiger partial charge < -0.3 is 30.2 Å². The first-order valence-corrected chi connectivity index (χ1v) is 17.2. The predicted octanol–water partition coefficient (Wildman–Crippen LogP) is 2.46. The van der Waals surface area contributed by atoms with Crippen molar-refractivity contribution in [3.05, 3.63) is 59.7 Å². The highest BCUT2D eigenvalue weighted by molar-refractivity contribution is 7.89. The molecule has 0 aromatic heterocycles. The Morgan fingerprint density at radius 1 is 0.729 bits per heavy atom. The second kappa shape index (κ2) is 22.4. The van der Waals surface area contributed by atoms with Crippen LogP contribution in [0.4, 0.5) is 5.69 Å². The molecular weight excluding hydrogens is 642 g/mol. The number of hydrogen-bond donors (Lipinski definition) is 4. The number of Topliss-reactive ketones (excluding diaryl/α,β-unsaturated/α-hetero) is 1. The fourth-order valence-electron chi connectivity index (χ4n) is 3.96. The number of sulfonamides is 1. The Kier molecular flexibility index (Phi) is 18.7. The van der Waals surface area contributed by atoms with Crippen LogP contribution >= 0.6 is 0 Å². The van der Waals surface area contributed by atoms with Crippen LogP contribution < -0.4 is 20.8 Å². The Hall–Kier alpha value is -4.18. The van der Waals surface area contributed by atoms with E-state index in [4.69, 9.17) is 14.2 Å². The third-order valence-electron chi connectivity index (χ3n) is 6.54. The number of aryl methyl sites for hydroxylation is 1. The summed E-state index contributed by atoms with van der Waals surface area (Å²) in [6.45, 7) is 8.34. The van der Waals surface area contributed by atoms with Gasteiger partial charge in [-0.2, -0.15) is 18.4 Å². The number of nitrogens with one attached hydrogen (secondary N) is 4. The van der Waals surface area contributed by atoms with Crippen LogP contribution in [-0.2, 0) is 43.4 Å². The number of carbonyl (C=O) groups is 4. The lowest BCUT2D eigenvalue weighted by molar-refractivity contribution is -0.127. The van der Waals surface area contributed by atoms with E-state index in [1.54, 1.807) is 43.3 Å². The average molecular weight is 690 g/mol. The number of benzene rings is 2. The molecule has 15 heteroatoms. The van der Waals surface area contributed by atoms with Crippen LogP contribution in [0.2, 0.25) is 0 Å². The Balaban J connectivity index is 1.51. The van der Waals surface area contributed by atoms with E-state index in [0.29, 0.717) is 82.5 Å². The molecule has 2 aromatic rings. The molecule has 3 amide bonds. The maximum Gasteiger partial charge on any atom is 0.276 e. The Bertz CT molecular complexity index is 1460. The molecule has 0 spiro atoms. The molecule has 0 atom stereocenters. The van der Waals surface area contributed by atoms with Gasteiger partial charge in [0.2, 0.25) is 17.7 Å². The molecule has 0 bridgehead atoms. The van der Waals surface area contributed by atoms with Crippen molar-refractivity contribution in [2.75, 3.05) is 58.0 Å². The monoisotopic (exact) mass is 689 g/mol. The van der Waals surface area contributed by atoms with Crippen molar-refractivity contribution in [1.82, 2.24) is 15.5 Å². The second-order valence-corrected chi connectivity index (χ2v) is 12.5. The topological polar surface area (TPSA) is 191 Å². The largest absolute Gasteiger partial charge is 0.379 e. The van der Waals surface area contributed by atoms with Crippen molar-refractivity contribution >= 4 is 44.9 Å². The minimum Gasteiger partial charge on any atom is -0.379 e. The van der Waals surface area contributed by atoms with Gasteiger partial charge in [-0.15, -0.1) is 0 Å². The van der Waals surface area contributed by atoms with Crippen molar-refractivity contribution in [3.63, 3.8) is 0 Å². The summed E-state index contributed by atoms with van der Waals surface area (Å²) in [6, 6.07) is 13.2. The number of hydrogen-bond acceptors (Lipinski definition) is 10. The van der Waals surface area contributed by atoms with E-state index in [1.807, 2.05) is 6.92 Å². The number of nitrogens with zero attached hydrogens (tertiary/aromatic N) is 1. The number of rotatable bonds is 24. The third-order valence-corrected chi connectivity index (χ3v) is 7.76. The minimum absolute atomic E-state index is 0.00524. The molecule has 48 heavy (non-hydrogen) atoms. The molecule has 0 aliphatic rings. The minimum atomic E-state index is -3.82. The van der Waals surface area contributed by atoms with Gasteiger partial charge in [-0.25, -0.2) is 0 Å². The Labute approximate surface area is 282 Å². The molecule has 0 saturated heterocycles. The van der Waals surface area contributed by atoms with Gasteiger partial charge >= 0.3 is 0 Å². The molecule has 0 saturated carbocycles. The molecule has 4 N–H and O–H groups in total. The van der Waals surface area contributed by atoms with Gasteiger partial charge in [-0.05, 0) is 63.4 Å². The van der Waals surface area contributed by atoms with Gasteiger partial charge in [0.05, 0.1) is 43.5 Å². The van der Waals surface area contributed by atoms with E-state index in [0.717, 1.165) is 5.56 Å². The van der Waals surface area contributed by atoms with Gasteiger partial charge in [-0.1, -0.05) is 29.8 Å². The number of ketones is 1. The molecule has 264 valence electrons. The summed E-state index contributed by atoms with van der Waals surface area (Å²) in [7, 11) is -3.82. The maximum atomic E-state index is 12.5. The first kappa shape index (κ1) is 40.0. The van der Waals surface area contributed by atoms with Gasteiger partial charge in [0.15, 0.2) is 0 Å². The van der Waals surface area contributed by atoms with E-state index in [2.05, 4.69) is 25.9 Å². The lowest BCUT2D eigenvalue weighted by Gasteiger charge is -2.09. The van der Waals surface area contributed by atoms with Crippen molar-refractivity contribution in [3.8, 4) is 0 Å². The van der Waals surface area contributed by atoms with Gasteiger partial charge in [0.1, 0.15) is 5.78 Å². The van der Waals surface area contributed by atoms with Gasteiger partial charge in [0, 0.05) is 44.8 Å². The summed E-state index contributed by atoms with van der Waals surface area (Å²) in [6.07, 6.45) is 1.18. The fourth-order valence-corrected chi connectivity index (χ4v) is 4.82. The Morgan fingerprint density at radius 2 is 1.29 bits per heavy atom. The molecule has 14 nitrogen and oxygen atoms in total. The number of hydrazone groups is 1. The molecule has 2 rings (SSSR count). The second-order valence-electron chi connectivity index (χ2n) is 10.9. The standard InChI is InChI=1S/C33H47N5O9S/c1-25-9-11-30(12-10-25)48(43,44)38-37-27(3)28-7-4-8-29(24-28)36-32(41)14-13-31(40)34-15-5-17-45-19-21-47-22-20-46-18-6-16-35-33(42)23-26(2)39/h4,7-12,24,38H,5-6,13-23H2,1-3H3,(H,34,40)(H,35,42)(H,36,41)/b37-27+. The van der Waals surface area contributed by atoms with E-state index in [9.17, 15) is 27.6 Å². The molecule has 0 radical (unpaired) electrons. The number of carbonyl (C=O) groups excluding carboxylic acids is 4. The number of ether oxygens (including phenoxy) is 3. The van der Waals surface area contributed by atoms with Gasteiger partial charge in [-0.3, -0.25) is 19.2 Å². The zero-order valence-electron chi connectivity index (χ0n) is 27.8. The zero-order chi connectivity index (χ0) is 35.2. The zero-order valence-corrected chi connectivity index (χ0v) is 28.7. The van der Waals surface area contributed by atoms with E-state index >= 15 is 0 Å². The van der Waals surface area contributed by atoms with Crippen LogP contribution in [-0.4, -0.2) is 90.4 Å². The normalized spacial score (nSPS) is 11.5.